The molecule has 0 saturated heterocycles. The summed E-state index contributed by atoms with van der Waals surface area (Å²) in [5, 5.41) is 3.82. The number of benzene rings is 2. The lowest BCUT2D eigenvalue weighted by molar-refractivity contribution is -0.122. The molecule has 1 amide bonds. The molecule has 4 aromatic rings. The first-order chi connectivity index (χ1) is 15.5. The molecule has 0 radical (unpaired) electrons. The van der Waals surface area contributed by atoms with Crippen LogP contribution in [0.2, 0.25) is 0 Å². The zero-order valence-electron chi connectivity index (χ0n) is 18.1. The number of hydrogen-bond donors (Lipinski definition) is 1. The third-order valence-electron chi connectivity index (χ3n) is 5.38. The van der Waals surface area contributed by atoms with Gasteiger partial charge in [-0.3, -0.25) is 4.79 Å². The van der Waals surface area contributed by atoms with Crippen LogP contribution < -0.4 is 10.1 Å². The van der Waals surface area contributed by atoms with Crippen molar-refractivity contribution in [2.75, 3.05) is 14.2 Å². The second-order valence-corrected chi connectivity index (χ2v) is 7.35. The maximum Gasteiger partial charge on any atom is 0.340 e. The molecule has 0 saturated carbocycles. The Balaban J connectivity index is 1.63. The lowest BCUT2D eigenvalue weighted by atomic mass is 10.1. The second-order valence-electron chi connectivity index (χ2n) is 7.35. The van der Waals surface area contributed by atoms with Gasteiger partial charge in [0, 0.05) is 36.5 Å². The Morgan fingerprint density at radius 1 is 1.09 bits per heavy atom. The third-order valence-corrected chi connectivity index (χ3v) is 5.38. The summed E-state index contributed by atoms with van der Waals surface area (Å²) in [6.07, 6.45) is 5.18. The van der Waals surface area contributed by atoms with Crippen molar-refractivity contribution in [2.45, 2.75) is 12.6 Å². The molecular formula is C24H24N4O4. The van der Waals surface area contributed by atoms with Gasteiger partial charge in [-0.25, -0.2) is 9.78 Å². The number of imidazole rings is 1. The number of rotatable bonds is 7. The van der Waals surface area contributed by atoms with Crippen LogP contribution in [-0.2, 0) is 23.1 Å². The number of methoxy groups -OCH3 is 2. The van der Waals surface area contributed by atoms with Crippen LogP contribution in [0.25, 0.3) is 10.9 Å². The topological polar surface area (TPSA) is 87.4 Å². The smallest absolute Gasteiger partial charge is 0.340 e. The number of ether oxygens (including phenoxy) is 2. The van der Waals surface area contributed by atoms with Gasteiger partial charge in [-0.2, -0.15) is 0 Å². The summed E-state index contributed by atoms with van der Waals surface area (Å²) in [6, 6.07) is 14.5. The van der Waals surface area contributed by atoms with Crippen molar-refractivity contribution in [1.82, 2.24) is 19.4 Å². The highest BCUT2D eigenvalue weighted by Gasteiger charge is 2.22. The summed E-state index contributed by atoms with van der Waals surface area (Å²) in [5.74, 6) is 0.777. The molecule has 2 heterocycles. The first-order valence-electron chi connectivity index (χ1n) is 10.1. The molecule has 0 aliphatic rings. The molecule has 8 nitrogen and oxygen atoms in total. The van der Waals surface area contributed by atoms with Gasteiger partial charge in [-0.1, -0.05) is 30.3 Å². The molecule has 1 N–H and O–H groups in total. The van der Waals surface area contributed by atoms with Gasteiger partial charge in [0.1, 0.15) is 24.2 Å². The molecule has 0 unspecified atom stereocenters. The van der Waals surface area contributed by atoms with E-state index in [1.807, 2.05) is 66.3 Å². The number of nitrogens with one attached hydrogen (secondary N) is 1. The van der Waals surface area contributed by atoms with Gasteiger partial charge >= 0.3 is 5.97 Å². The molecule has 0 aliphatic carbocycles. The molecule has 0 spiro atoms. The molecule has 0 aliphatic heterocycles. The van der Waals surface area contributed by atoms with Crippen LogP contribution in [0.1, 0.15) is 27.8 Å². The predicted molar refractivity (Wildman–Crippen MR) is 119 cm³/mol. The van der Waals surface area contributed by atoms with Crippen molar-refractivity contribution < 1.29 is 19.1 Å². The zero-order valence-corrected chi connectivity index (χ0v) is 18.1. The first kappa shape index (κ1) is 21.2. The fourth-order valence-electron chi connectivity index (χ4n) is 3.76. The number of para-hydroxylation sites is 1. The molecule has 2 aromatic heterocycles. The Morgan fingerprint density at radius 2 is 1.84 bits per heavy atom. The van der Waals surface area contributed by atoms with Crippen LogP contribution in [0, 0.1) is 0 Å². The van der Waals surface area contributed by atoms with E-state index in [4.69, 9.17) is 9.47 Å². The minimum atomic E-state index is -0.449. The van der Waals surface area contributed by atoms with Crippen molar-refractivity contribution in [2.24, 2.45) is 7.05 Å². The van der Waals surface area contributed by atoms with Gasteiger partial charge in [0.2, 0.25) is 5.91 Å². The summed E-state index contributed by atoms with van der Waals surface area (Å²) < 4.78 is 13.8. The summed E-state index contributed by atoms with van der Waals surface area (Å²) in [5.41, 5.74) is 2.08. The van der Waals surface area contributed by atoms with E-state index < -0.39 is 12.0 Å². The van der Waals surface area contributed by atoms with Crippen LogP contribution in [0.5, 0.6) is 5.75 Å². The second kappa shape index (κ2) is 8.97. The van der Waals surface area contributed by atoms with E-state index in [0.29, 0.717) is 11.4 Å². The highest BCUT2D eigenvalue weighted by Crippen LogP contribution is 2.24. The molecule has 4 rings (SSSR count). The van der Waals surface area contributed by atoms with Crippen LogP contribution in [0.4, 0.5) is 0 Å². The molecule has 32 heavy (non-hydrogen) atoms. The van der Waals surface area contributed by atoms with E-state index in [1.54, 1.807) is 24.1 Å². The predicted octanol–water partition coefficient (Wildman–Crippen LogP) is 3.08. The van der Waals surface area contributed by atoms with Crippen molar-refractivity contribution in [1.29, 1.82) is 0 Å². The Hall–Kier alpha value is -4.07. The van der Waals surface area contributed by atoms with Crippen LogP contribution in [0.15, 0.2) is 67.1 Å². The van der Waals surface area contributed by atoms with Gasteiger partial charge in [-0.05, 0) is 23.8 Å². The maximum absolute atomic E-state index is 13.1. The van der Waals surface area contributed by atoms with E-state index in [9.17, 15) is 9.59 Å². The number of esters is 1. The summed E-state index contributed by atoms with van der Waals surface area (Å²) in [4.78, 5) is 29.7. The van der Waals surface area contributed by atoms with Gasteiger partial charge < -0.3 is 23.9 Å². The van der Waals surface area contributed by atoms with Crippen molar-refractivity contribution in [3.63, 3.8) is 0 Å². The molecular weight excluding hydrogens is 408 g/mol. The number of hydrogen-bond acceptors (Lipinski definition) is 5. The molecule has 164 valence electrons. The number of carbonyl (C=O) groups excluding carboxylic acids is 2. The van der Waals surface area contributed by atoms with Crippen molar-refractivity contribution in [3.8, 4) is 5.75 Å². The van der Waals surface area contributed by atoms with Crippen LogP contribution >= 0.6 is 0 Å². The average Bonchev–Trinajstić information content (AvgIpc) is 3.41. The standard InChI is InChI=1S/C24H24N4O4/c1-27-13-12-25-23(27)22(16-8-10-17(31-2)11-9-16)26-21(29)15-28-14-19(24(30)32-3)18-6-4-5-7-20(18)28/h4-14,22H,15H2,1-3H3,(H,26,29)/t22-/m0/s1. The Kier molecular flexibility index (Phi) is 5.93. The lowest BCUT2D eigenvalue weighted by Crippen LogP contribution is -2.33. The van der Waals surface area contributed by atoms with Crippen LogP contribution in [0.3, 0.4) is 0 Å². The lowest BCUT2D eigenvalue weighted by Gasteiger charge is -2.20. The average molecular weight is 432 g/mol. The Labute approximate surface area is 185 Å². The molecule has 2 aromatic carbocycles. The zero-order chi connectivity index (χ0) is 22.7. The number of aryl methyl sites for hydroxylation is 1. The largest absolute Gasteiger partial charge is 0.497 e. The molecule has 0 fully saturated rings. The normalized spacial score (nSPS) is 11.8. The van der Waals surface area contributed by atoms with Gasteiger partial charge in [0.25, 0.3) is 0 Å². The van der Waals surface area contributed by atoms with E-state index >= 15 is 0 Å². The van der Waals surface area contributed by atoms with Crippen molar-refractivity contribution >= 4 is 22.8 Å². The highest BCUT2D eigenvalue weighted by atomic mass is 16.5. The fourth-order valence-corrected chi connectivity index (χ4v) is 3.76. The molecule has 1 atom stereocenters. The summed E-state index contributed by atoms with van der Waals surface area (Å²) in [7, 11) is 4.83. The number of amides is 1. The fraction of sp³-hybridized carbons (Fsp3) is 0.208. The highest BCUT2D eigenvalue weighted by molar-refractivity contribution is 6.04. The summed E-state index contributed by atoms with van der Waals surface area (Å²) in [6.45, 7) is 0.0363. The van der Waals surface area contributed by atoms with Crippen LogP contribution in [-0.4, -0.2) is 40.2 Å². The Morgan fingerprint density at radius 3 is 2.50 bits per heavy atom. The first-order valence-corrected chi connectivity index (χ1v) is 10.1. The summed E-state index contributed by atoms with van der Waals surface area (Å²) >= 11 is 0. The SMILES string of the molecule is COC(=O)c1cn(CC(=O)N[C@@H](c2ccc(OC)cc2)c2nccn2C)c2ccccc12. The van der Waals surface area contributed by atoms with Gasteiger partial charge in [-0.15, -0.1) is 0 Å². The molecule has 8 heteroatoms. The third kappa shape index (κ3) is 4.07. The quantitative estimate of drug-likeness (QED) is 0.454. The van der Waals surface area contributed by atoms with E-state index in [1.165, 1.54) is 7.11 Å². The van der Waals surface area contributed by atoms with Gasteiger partial charge in [0.05, 0.1) is 19.8 Å². The minimum Gasteiger partial charge on any atom is -0.497 e. The van der Waals surface area contributed by atoms with E-state index in [-0.39, 0.29) is 12.5 Å². The Bertz CT molecular complexity index is 1260. The molecule has 0 bridgehead atoms. The number of fused-ring (bicyclic) bond motifs is 1. The van der Waals surface area contributed by atoms with Gasteiger partial charge in [0.15, 0.2) is 0 Å². The van der Waals surface area contributed by atoms with E-state index in [0.717, 1.165) is 22.2 Å². The monoisotopic (exact) mass is 432 g/mol. The number of nitrogens with zero attached hydrogens (tertiary/aromatic N) is 3. The van der Waals surface area contributed by atoms with Crippen molar-refractivity contribution in [3.05, 3.63) is 84.1 Å². The minimum absolute atomic E-state index is 0.0363. The van der Waals surface area contributed by atoms with E-state index in [2.05, 4.69) is 10.3 Å². The maximum atomic E-state index is 13.1. The number of aromatic nitrogens is 3. The number of carbonyl (C=O) groups is 2.